The smallest absolute Gasteiger partial charge is 0.141 e. The van der Waals surface area contributed by atoms with E-state index in [0.29, 0.717) is 13.1 Å². The van der Waals surface area contributed by atoms with E-state index >= 15 is 0 Å². The van der Waals surface area contributed by atoms with E-state index < -0.39 is 12.2 Å². The summed E-state index contributed by atoms with van der Waals surface area (Å²) >= 11 is 1.65. The van der Waals surface area contributed by atoms with Gasteiger partial charge in [-0.25, -0.2) is 9.97 Å². The van der Waals surface area contributed by atoms with Crippen molar-refractivity contribution in [1.82, 2.24) is 9.97 Å². The fourth-order valence-corrected chi connectivity index (χ4v) is 3.34. The molecule has 1 aliphatic heterocycles. The lowest BCUT2D eigenvalue weighted by Gasteiger charge is -2.17. The summed E-state index contributed by atoms with van der Waals surface area (Å²) in [5.74, 6) is 0.817. The normalized spacial score (nSPS) is 24.1. The molecule has 1 fully saturated rings. The van der Waals surface area contributed by atoms with Gasteiger partial charge in [-0.3, -0.25) is 0 Å². The molecule has 1 saturated heterocycles. The summed E-state index contributed by atoms with van der Waals surface area (Å²) in [6.45, 7) is 4.96. The molecule has 2 aromatic rings. The molecule has 3 rings (SSSR count). The van der Waals surface area contributed by atoms with Gasteiger partial charge in [0.1, 0.15) is 17.0 Å². The van der Waals surface area contributed by atoms with E-state index in [1.54, 1.807) is 17.7 Å². The number of hydrogen-bond acceptors (Lipinski definition) is 6. The third kappa shape index (κ3) is 1.68. The largest absolute Gasteiger partial charge is 0.389 e. The van der Waals surface area contributed by atoms with Gasteiger partial charge in [0, 0.05) is 18.0 Å². The molecule has 0 bridgehead atoms. The highest BCUT2D eigenvalue weighted by atomic mass is 32.1. The maximum absolute atomic E-state index is 9.64. The lowest BCUT2D eigenvalue weighted by molar-refractivity contribution is 0.0572. The van der Waals surface area contributed by atoms with Crippen LogP contribution in [0.1, 0.15) is 10.4 Å². The molecule has 6 heteroatoms. The van der Waals surface area contributed by atoms with Crippen molar-refractivity contribution in [3.8, 4) is 0 Å². The number of thiophene rings is 1. The third-order valence-corrected chi connectivity index (χ3v) is 4.62. The van der Waals surface area contributed by atoms with Crippen molar-refractivity contribution < 1.29 is 10.2 Å². The Morgan fingerprint density at radius 2 is 1.89 bits per heavy atom. The van der Waals surface area contributed by atoms with Gasteiger partial charge in [0.25, 0.3) is 0 Å². The summed E-state index contributed by atoms with van der Waals surface area (Å²) < 4.78 is 0. The third-order valence-electron chi connectivity index (χ3n) is 3.50. The summed E-state index contributed by atoms with van der Waals surface area (Å²) in [6, 6.07) is 0. The Hall–Kier alpha value is -1.24. The predicted molar refractivity (Wildman–Crippen MR) is 71.1 cm³/mol. The van der Waals surface area contributed by atoms with Crippen LogP contribution in [0, 0.1) is 13.8 Å². The minimum atomic E-state index is -0.699. The van der Waals surface area contributed by atoms with Crippen molar-refractivity contribution in [2.24, 2.45) is 0 Å². The van der Waals surface area contributed by atoms with E-state index in [1.165, 1.54) is 10.4 Å². The van der Waals surface area contributed by atoms with Gasteiger partial charge in [0.15, 0.2) is 0 Å². The summed E-state index contributed by atoms with van der Waals surface area (Å²) in [5.41, 5.74) is 1.18. The summed E-state index contributed by atoms with van der Waals surface area (Å²) in [6.07, 6.45) is 0.148. The fourth-order valence-electron chi connectivity index (χ4n) is 2.35. The average molecular weight is 265 g/mol. The maximum Gasteiger partial charge on any atom is 0.141 e. The van der Waals surface area contributed by atoms with Gasteiger partial charge in [0.2, 0.25) is 0 Å². The van der Waals surface area contributed by atoms with Crippen LogP contribution in [-0.4, -0.2) is 45.5 Å². The molecule has 2 N–H and O–H groups in total. The summed E-state index contributed by atoms with van der Waals surface area (Å²) in [7, 11) is 0. The molecule has 2 unspecified atom stereocenters. The van der Waals surface area contributed by atoms with E-state index in [0.717, 1.165) is 16.0 Å². The molecule has 18 heavy (non-hydrogen) atoms. The molecule has 0 radical (unpaired) electrons. The van der Waals surface area contributed by atoms with E-state index in [4.69, 9.17) is 0 Å². The molecule has 2 atom stereocenters. The van der Waals surface area contributed by atoms with Crippen molar-refractivity contribution in [3.05, 3.63) is 16.8 Å². The van der Waals surface area contributed by atoms with Crippen LogP contribution < -0.4 is 4.90 Å². The standard InChI is InChI=1S/C12H15N3O2S/c1-6-7(2)18-12-10(6)11(13-5-14-12)15-3-8(16)9(17)4-15/h5,8-9,16-17H,3-4H2,1-2H3. The van der Waals surface area contributed by atoms with Gasteiger partial charge in [-0.1, -0.05) is 0 Å². The second-order valence-corrected chi connectivity index (χ2v) is 5.90. The highest BCUT2D eigenvalue weighted by Gasteiger charge is 2.31. The Labute approximate surface area is 109 Å². The minimum Gasteiger partial charge on any atom is -0.389 e. The van der Waals surface area contributed by atoms with Crippen molar-refractivity contribution in [3.63, 3.8) is 0 Å². The first-order valence-electron chi connectivity index (χ1n) is 5.89. The van der Waals surface area contributed by atoms with Gasteiger partial charge in [-0.05, 0) is 19.4 Å². The quantitative estimate of drug-likeness (QED) is 0.800. The zero-order valence-electron chi connectivity index (χ0n) is 10.3. The van der Waals surface area contributed by atoms with Gasteiger partial charge < -0.3 is 15.1 Å². The fraction of sp³-hybridized carbons (Fsp3) is 0.500. The number of β-amino-alcohol motifs (C(OH)–C–C–N with tert-alkyl or cyclic N) is 2. The molecule has 0 aliphatic carbocycles. The second kappa shape index (κ2) is 4.15. The number of fused-ring (bicyclic) bond motifs is 1. The monoisotopic (exact) mass is 265 g/mol. The van der Waals surface area contributed by atoms with Crippen LogP contribution in [0.15, 0.2) is 6.33 Å². The van der Waals surface area contributed by atoms with Crippen LogP contribution >= 0.6 is 11.3 Å². The molecule has 3 heterocycles. The zero-order chi connectivity index (χ0) is 12.9. The van der Waals surface area contributed by atoms with E-state index in [-0.39, 0.29) is 0 Å². The summed E-state index contributed by atoms with van der Waals surface area (Å²) in [4.78, 5) is 12.7. The van der Waals surface area contributed by atoms with Gasteiger partial charge in [-0.15, -0.1) is 11.3 Å². The first-order valence-corrected chi connectivity index (χ1v) is 6.71. The Kier molecular flexibility index (Phi) is 2.73. The topological polar surface area (TPSA) is 69.5 Å². The van der Waals surface area contributed by atoms with Crippen LogP contribution in [0.2, 0.25) is 0 Å². The molecule has 0 amide bonds. The molecule has 1 aliphatic rings. The van der Waals surface area contributed by atoms with Crippen LogP contribution in [0.25, 0.3) is 10.2 Å². The molecule has 0 aromatic carbocycles. The molecule has 0 saturated carbocycles. The molecule has 0 spiro atoms. The number of aromatic nitrogens is 2. The van der Waals surface area contributed by atoms with Crippen LogP contribution in [0.3, 0.4) is 0 Å². The van der Waals surface area contributed by atoms with Crippen molar-refractivity contribution in [2.75, 3.05) is 18.0 Å². The van der Waals surface area contributed by atoms with Crippen LogP contribution in [-0.2, 0) is 0 Å². The highest BCUT2D eigenvalue weighted by Crippen LogP contribution is 2.35. The lowest BCUT2D eigenvalue weighted by Crippen LogP contribution is -2.22. The predicted octanol–water partition coefficient (Wildman–Crippen LogP) is 0.850. The Morgan fingerprint density at radius 3 is 2.56 bits per heavy atom. The van der Waals surface area contributed by atoms with Gasteiger partial charge in [0.05, 0.1) is 17.6 Å². The average Bonchev–Trinajstić information content (AvgIpc) is 2.82. The highest BCUT2D eigenvalue weighted by molar-refractivity contribution is 7.18. The first kappa shape index (κ1) is 11.8. The number of anilines is 1. The number of aryl methyl sites for hydroxylation is 2. The SMILES string of the molecule is Cc1sc2ncnc(N3CC(O)C(O)C3)c2c1C. The van der Waals surface area contributed by atoms with Crippen molar-refractivity contribution in [2.45, 2.75) is 26.1 Å². The van der Waals surface area contributed by atoms with Crippen molar-refractivity contribution in [1.29, 1.82) is 0 Å². The number of hydrogen-bond donors (Lipinski definition) is 2. The minimum absolute atomic E-state index is 0.418. The van der Waals surface area contributed by atoms with Gasteiger partial charge >= 0.3 is 0 Å². The van der Waals surface area contributed by atoms with Crippen LogP contribution in [0.4, 0.5) is 5.82 Å². The van der Waals surface area contributed by atoms with E-state index in [1.807, 2.05) is 4.90 Å². The first-order chi connectivity index (χ1) is 8.58. The van der Waals surface area contributed by atoms with Gasteiger partial charge in [-0.2, -0.15) is 0 Å². The Balaban J connectivity index is 2.12. The number of aliphatic hydroxyl groups excluding tert-OH is 2. The molecule has 96 valence electrons. The maximum atomic E-state index is 9.64. The Morgan fingerprint density at radius 1 is 1.22 bits per heavy atom. The molecule has 5 nitrogen and oxygen atoms in total. The van der Waals surface area contributed by atoms with Crippen molar-refractivity contribution >= 4 is 27.4 Å². The zero-order valence-corrected chi connectivity index (χ0v) is 11.1. The lowest BCUT2D eigenvalue weighted by atomic mass is 10.2. The molecular formula is C12H15N3O2S. The van der Waals surface area contributed by atoms with Crippen LogP contribution in [0.5, 0.6) is 0 Å². The van der Waals surface area contributed by atoms with E-state index in [2.05, 4.69) is 23.8 Å². The number of nitrogens with zero attached hydrogens (tertiary/aromatic N) is 3. The molecular weight excluding hydrogens is 250 g/mol. The number of rotatable bonds is 1. The van der Waals surface area contributed by atoms with E-state index in [9.17, 15) is 10.2 Å². The number of aliphatic hydroxyl groups is 2. The second-order valence-electron chi connectivity index (χ2n) is 4.70. The summed E-state index contributed by atoms with van der Waals surface area (Å²) in [5, 5.41) is 20.3. The Bertz CT molecular complexity index is 588. The molecule has 2 aromatic heterocycles.